The number of benzene rings is 1. The molecular weight excluding hydrogens is 362 g/mol. The topological polar surface area (TPSA) is 38.3 Å². The molecule has 0 heterocycles. The number of hydrogen-bond donors (Lipinski definition) is 1. The summed E-state index contributed by atoms with van der Waals surface area (Å²) in [7, 11) is 1.63. The van der Waals surface area contributed by atoms with E-state index in [4.69, 9.17) is 4.74 Å². The van der Waals surface area contributed by atoms with Crippen LogP contribution in [0.1, 0.15) is 19.4 Å². The molecule has 0 bridgehead atoms. The molecule has 0 radical (unpaired) electrons. The molecule has 1 aromatic rings. The van der Waals surface area contributed by atoms with E-state index < -0.39 is 0 Å². The molecule has 0 aliphatic carbocycles. The summed E-state index contributed by atoms with van der Waals surface area (Å²) < 4.78 is 6.07. The first kappa shape index (κ1) is 15.7. The number of amides is 1. The molecule has 3 nitrogen and oxygen atoms in total. The van der Waals surface area contributed by atoms with Crippen molar-refractivity contribution in [2.45, 2.75) is 25.3 Å². The number of halogens is 2. The van der Waals surface area contributed by atoms with Gasteiger partial charge in [-0.25, -0.2) is 0 Å². The van der Waals surface area contributed by atoms with E-state index in [1.54, 1.807) is 7.11 Å². The standard InChI is InChI=1S/C13H17Br2NO2/c1-8(2)12(15)13(17)16-11-6-4-5-10(14)9(11)7-18-3/h4-6,8,12H,7H2,1-3H3,(H,16,17). The fourth-order valence-corrected chi connectivity index (χ4v) is 2.07. The van der Waals surface area contributed by atoms with Crippen molar-refractivity contribution in [3.8, 4) is 0 Å². The smallest absolute Gasteiger partial charge is 0.238 e. The van der Waals surface area contributed by atoms with Gasteiger partial charge in [-0.15, -0.1) is 0 Å². The maximum absolute atomic E-state index is 12.0. The van der Waals surface area contributed by atoms with E-state index in [1.165, 1.54) is 0 Å². The molecular formula is C13H17Br2NO2. The van der Waals surface area contributed by atoms with Crippen LogP contribution in [-0.4, -0.2) is 17.8 Å². The molecule has 0 saturated carbocycles. The summed E-state index contributed by atoms with van der Waals surface area (Å²) in [5, 5.41) is 2.92. The molecule has 18 heavy (non-hydrogen) atoms. The third kappa shape index (κ3) is 4.07. The van der Waals surface area contributed by atoms with Gasteiger partial charge in [0.05, 0.1) is 11.4 Å². The molecule has 0 aromatic heterocycles. The number of carbonyl (C=O) groups is 1. The Morgan fingerprint density at radius 2 is 2.11 bits per heavy atom. The van der Waals surface area contributed by atoms with E-state index in [1.807, 2.05) is 32.0 Å². The highest BCUT2D eigenvalue weighted by Crippen LogP contribution is 2.26. The van der Waals surface area contributed by atoms with Crippen molar-refractivity contribution in [2.75, 3.05) is 12.4 Å². The molecule has 1 atom stereocenters. The minimum Gasteiger partial charge on any atom is -0.380 e. The Morgan fingerprint density at radius 1 is 1.44 bits per heavy atom. The van der Waals surface area contributed by atoms with Crippen LogP contribution < -0.4 is 5.32 Å². The zero-order chi connectivity index (χ0) is 13.7. The van der Waals surface area contributed by atoms with E-state index >= 15 is 0 Å². The van der Waals surface area contributed by atoms with Gasteiger partial charge in [-0.2, -0.15) is 0 Å². The van der Waals surface area contributed by atoms with Gasteiger partial charge in [-0.1, -0.05) is 51.8 Å². The number of anilines is 1. The number of hydrogen-bond acceptors (Lipinski definition) is 2. The number of alkyl halides is 1. The number of ether oxygens (including phenoxy) is 1. The minimum absolute atomic E-state index is 0.0412. The predicted molar refractivity (Wildman–Crippen MR) is 81.0 cm³/mol. The second-order valence-electron chi connectivity index (χ2n) is 4.33. The molecule has 1 unspecified atom stereocenters. The summed E-state index contributed by atoms with van der Waals surface area (Å²) in [6.45, 7) is 4.44. The van der Waals surface area contributed by atoms with Gasteiger partial charge in [-0.05, 0) is 18.1 Å². The van der Waals surface area contributed by atoms with Crippen molar-refractivity contribution in [3.63, 3.8) is 0 Å². The summed E-state index contributed by atoms with van der Waals surface area (Å²) in [5.41, 5.74) is 1.72. The highest BCUT2D eigenvalue weighted by molar-refractivity contribution is 9.10. The van der Waals surface area contributed by atoms with E-state index in [0.717, 1.165) is 15.7 Å². The molecule has 0 saturated heterocycles. The molecule has 0 fully saturated rings. The highest BCUT2D eigenvalue weighted by Gasteiger charge is 2.19. The summed E-state index contributed by atoms with van der Waals surface area (Å²) in [5.74, 6) is 0.198. The van der Waals surface area contributed by atoms with Gasteiger partial charge in [0.1, 0.15) is 0 Å². The van der Waals surface area contributed by atoms with Crippen molar-refractivity contribution >= 4 is 43.5 Å². The monoisotopic (exact) mass is 377 g/mol. The second-order valence-corrected chi connectivity index (χ2v) is 6.17. The first-order chi connectivity index (χ1) is 8.47. The van der Waals surface area contributed by atoms with Gasteiger partial charge in [0.25, 0.3) is 0 Å². The molecule has 5 heteroatoms. The molecule has 1 N–H and O–H groups in total. The van der Waals surface area contributed by atoms with Crippen LogP contribution in [0, 0.1) is 5.92 Å². The largest absolute Gasteiger partial charge is 0.380 e. The van der Waals surface area contributed by atoms with Crippen LogP contribution in [0.25, 0.3) is 0 Å². The first-order valence-electron chi connectivity index (χ1n) is 5.68. The fourth-order valence-electron chi connectivity index (χ4n) is 1.47. The number of nitrogens with one attached hydrogen (secondary N) is 1. The van der Waals surface area contributed by atoms with Crippen LogP contribution in [0.2, 0.25) is 0 Å². The average molecular weight is 379 g/mol. The third-order valence-corrected chi connectivity index (χ3v) is 4.72. The van der Waals surface area contributed by atoms with E-state index in [2.05, 4.69) is 37.2 Å². The Kier molecular flexibility index (Phi) is 6.32. The maximum atomic E-state index is 12.0. The summed E-state index contributed by atoms with van der Waals surface area (Å²) >= 11 is 6.85. The van der Waals surface area contributed by atoms with Crippen LogP contribution in [0.4, 0.5) is 5.69 Å². The van der Waals surface area contributed by atoms with Crippen LogP contribution >= 0.6 is 31.9 Å². The van der Waals surface area contributed by atoms with Crippen LogP contribution in [0.15, 0.2) is 22.7 Å². The number of methoxy groups -OCH3 is 1. The maximum Gasteiger partial charge on any atom is 0.238 e. The minimum atomic E-state index is -0.202. The lowest BCUT2D eigenvalue weighted by Crippen LogP contribution is -2.27. The Balaban J connectivity index is 2.90. The molecule has 1 aromatic carbocycles. The van der Waals surface area contributed by atoms with Gasteiger partial charge < -0.3 is 10.1 Å². The summed E-state index contributed by atoms with van der Waals surface area (Å²) in [6.07, 6.45) is 0. The van der Waals surface area contributed by atoms with Crippen LogP contribution in [0.3, 0.4) is 0 Å². The lowest BCUT2D eigenvalue weighted by Gasteiger charge is -2.16. The van der Waals surface area contributed by atoms with E-state index in [-0.39, 0.29) is 16.7 Å². The van der Waals surface area contributed by atoms with E-state index in [0.29, 0.717) is 6.61 Å². The summed E-state index contributed by atoms with van der Waals surface area (Å²) in [6, 6.07) is 5.69. The van der Waals surface area contributed by atoms with Gasteiger partial charge in [0.2, 0.25) is 5.91 Å². The highest BCUT2D eigenvalue weighted by atomic mass is 79.9. The number of carbonyl (C=O) groups excluding carboxylic acids is 1. The van der Waals surface area contributed by atoms with Crippen molar-refractivity contribution in [1.82, 2.24) is 0 Å². The molecule has 0 spiro atoms. The quantitative estimate of drug-likeness (QED) is 0.787. The molecule has 0 aliphatic rings. The lowest BCUT2D eigenvalue weighted by atomic mass is 10.1. The normalized spacial score (nSPS) is 12.6. The van der Waals surface area contributed by atoms with Gasteiger partial charge >= 0.3 is 0 Å². The Morgan fingerprint density at radius 3 is 2.67 bits per heavy atom. The van der Waals surface area contributed by atoms with Crippen molar-refractivity contribution in [1.29, 1.82) is 0 Å². The van der Waals surface area contributed by atoms with Crippen LogP contribution in [-0.2, 0) is 16.1 Å². The third-order valence-electron chi connectivity index (χ3n) is 2.50. The van der Waals surface area contributed by atoms with Gasteiger partial charge in [-0.3, -0.25) is 4.79 Å². The van der Waals surface area contributed by atoms with Crippen LogP contribution in [0.5, 0.6) is 0 Å². The van der Waals surface area contributed by atoms with Crippen molar-refractivity contribution < 1.29 is 9.53 Å². The zero-order valence-electron chi connectivity index (χ0n) is 10.7. The van der Waals surface area contributed by atoms with Gasteiger partial charge in [0.15, 0.2) is 0 Å². The second kappa shape index (κ2) is 7.26. The predicted octanol–water partition coefficient (Wildman–Crippen LogP) is 3.95. The average Bonchev–Trinajstić information content (AvgIpc) is 2.32. The Labute approximate surface area is 125 Å². The van der Waals surface area contributed by atoms with E-state index in [9.17, 15) is 4.79 Å². The zero-order valence-corrected chi connectivity index (χ0v) is 13.8. The SMILES string of the molecule is COCc1c(Br)cccc1NC(=O)C(Br)C(C)C. The number of rotatable bonds is 5. The molecule has 0 aliphatic heterocycles. The molecule has 100 valence electrons. The fraction of sp³-hybridized carbons (Fsp3) is 0.462. The van der Waals surface area contributed by atoms with Crippen molar-refractivity contribution in [3.05, 3.63) is 28.2 Å². The van der Waals surface area contributed by atoms with Gasteiger partial charge in [0, 0.05) is 22.8 Å². The molecule has 1 amide bonds. The molecule has 1 rings (SSSR count). The summed E-state index contributed by atoms with van der Waals surface area (Å²) in [4.78, 5) is 11.8. The lowest BCUT2D eigenvalue weighted by molar-refractivity contribution is -0.116. The first-order valence-corrected chi connectivity index (χ1v) is 7.39. The van der Waals surface area contributed by atoms with Crippen molar-refractivity contribution in [2.24, 2.45) is 5.92 Å². The Hall–Kier alpha value is -0.390. The Bertz CT molecular complexity index is 421.